The lowest BCUT2D eigenvalue weighted by Crippen LogP contribution is -2.76. The molecule has 0 aliphatic rings. The lowest BCUT2D eigenvalue weighted by atomic mass is 9.94. The van der Waals surface area contributed by atoms with Gasteiger partial charge in [-0.05, 0) is 12.5 Å². The maximum absolute atomic E-state index is 9.10. The van der Waals surface area contributed by atoms with Crippen LogP contribution in [0.15, 0.2) is 24.3 Å². The van der Waals surface area contributed by atoms with E-state index in [1.54, 1.807) is 19.5 Å². The van der Waals surface area contributed by atoms with Crippen molar-refractivity contribution in [1.82, 2.24) is 0 Å². The average Bonchev–Trinajstić information content (AvgIpc) is 2.19. The molecule has 1 aromatic rings. The summed E-state index contributed by atoms with van der Waals surface area (Å²) in [5.74, 6) is 0. The van der Waals surface area contributed by atoms with Crippen molar-refractivity contribution in [3.63, 3.8) is 0 Å². The maximum Gasteiger partial charge on any atom is 0.162 e. The fourth-order valence-electron chi connectivity index (χ4n) is 1.19. The van der Waals surface area contributed by atoms with E-state index < -0.39 is 5.54 Å². The predicted octanol–water partition coefficient (Wildman–Crippen LogP) is -0.391. The third-order valence-corrected chi connectivity index (χ3v) is 2.13. The SMILES string of the molecule is CO[NH2+]c1cccc(C(C)(N)CO)c1. The van der Waals surface area contributed by atoms with Gasteiger partial charge < -0.3 is 10.8 Å². The largest absolute Gasteiger partial charge is 0.394 e. The topological polar surface area (TPSA) is 72.1 Å². The highest BCUT2D eigenvalue weighted by Crippen LogP contribution is 2.18. The smallest absolute Gasteiger partial charge is 0.162 e. The van der Waals surface area contributed by atoms with Crippen molar-refractivity contribution in [2.45, 2.75) is 12.5 Å². The van der Waals surface area contributed by atoms with E-state index in [4.69, 9.17) is 15.7 Å². The molecule has 0 saturated heterocycles. The highest BCUT2D eigenvalue weighted by atomic mass is 16.6. The van der Waals surface area contributed by atoms with Gasteiger partial charge in [0.2, 0.25) is 0 Å². The monoisotopic (exact) mass is 197 g/mol. The minimum atomic E-state index is -0.697. The summed E-state index contributed by atoms with van der Waals surface area (Å²) in [6, 6.07) is 7.60. The van der Waals surface area contributed by atoms with Crippen LogP contribution < -0.4 is 11.2 Å². The molecular weight excluding hydrogens is 180 g/mol. The molecule has 0 heterocycles. The predicted molar refractivity (Wildman–Crippen MR) is 53.7 cm³/mol. The zero-order valence-corrected chi connectivity index (χ0v) is 8.53. The second-order valence-corrected chi connectivity index (χ2v) is 3.55. The highest BCUT2D eigenvalue weighted by molar-refractivity contribution is 5.36. The van der Waals surface area contributed by atoms with Gasteiger partial charge in [-0.1, -0.05) is 12.1 Å². The van der Waals surface area contributed by atoms with Gasteiger partial charge in [0.25, 0.3) is 0 Å². The molecule has 4 heteroatoms. The molecule has 0 fully saturated rings. The van der Waals surface area contributed by atoms with Crippen LogP contribution in [-0.4, -0.2) is 18.8 Å². The average molecular weight is 197 g/mol. The van der Waals surface area contributed by atoms with Crippen LogP contribution in [0.3, 0.4) is 0 Å². The van der Waals surface area contributed by atoms with Gasteiger partial charge in [0, 0.05) is 12.1 Å². The standard InChI is InChI=1S/C10H16N2O2/c1-10(11,7-13)8-4-3-5-9(6-8)12-14-2/h3-6,12-13H,7,11H2,1-2H3/p+1. The highest BCUT2D eigenvalue weighted by Gasteiger charge is 2.20. The summed E-state index contributed by atoms with van der Waals surface area (Å²) in [6.07, 6.45) is 0. The van der Waals surface area contributed by atoms with E-state index in [1.165, 1.54) is 0 Å². The molecule has 0 aromatic heterocycles. The van der Waals surface area contributed by atoms with Crippen molar-refractivity contribution in [3.8, 4) is 0 Å². The summed E-state index contributed by atoms with van der Waals surface area (Å²) in [6.45, 7) is 1.71. The summed E-state index contributed by atoms with van der Waals surface area (Å²) in [5, 5.41) is 9.10. The minimum absolute atomic E-state index is 0.0799. The van der Waals surface area contributed by atoms with E-state index >= 15 is 0 Å². The quantitative estimate of drug-likeness (QED) is 0.454. The van der Waals surface area contributed by atoms with Gasteiger partial charge in [-0.3, -0.25) is 0 Å². The fraction of sp³-hybridized carbons (Fsp3) is 0.400. The number of quaternary nitrogens is 1. The first-order chi connectivity index (χ1) is 6.60. The Hall–Kier alpha value is -0.940. The number of aliphatic hydroxyl groups is 1. The summed E-state index contributed by atoms with van der Waals surface area (Å²) < 4.78 is 0. The number of benzene rings is 1. The molecule has 1 unspecified atom stereocenters. The maximum atomic E-state index is 9.10. The first-order valence-corrected chi connectivity index (χ1v) is 4.46. The molecule has 14 heavy (non-hydrogen) atoms. The van der Waals surface area contributed by atoms with E-state index in [0.717, 1.165) is 11.3 Å². The van der Waals surface area contributed by atoms with Crippen molar-refractivity contribution >= 4 is 5.69 Å². The molecule has 4 nitrogen and oxygen atoms in total. The summed E-state index contributed by atoms with van der Waals surface area (Å²) in [7, 11) is 1.60. The first kappa shape index (κ1) is 11.1. The van der Waals surface area contributed by atoms with Crippen LogP contribution in [0.5, 0.6) is 0 Å². The van der Waals surface area contributed by atoms with Crippen LogP contribution in [0.2, 0.25) is 0 Å². The number of hydrogen-bond donors (Lipinski definition) is 3. The Morgan fingerprint density at radius 2 is 2.29 bits per heavy atom. The molecule has 78 valence electrons. The molecule has 0 aliphatic heterocycles. The van der Waals surface area contributed by atoms with Crippen LogP contribution in [0.25, 0.3) is 0 Å². The van der Waals surface area contributed by atoms with E-state index in [0.29, 0.717) is 0 Å². The molecule has 5 N–H and O–H groups in total. The van der Waals surface area contributed by atoms with Crippen molar-refractivity contribution < 1.29 is 15.4 Å². The van der Waals surface area contributed by atoms with Crippen LogP contribution in [0, 0.1) is 0 Å². The van der Waals surface area contributed by atoms with Crippen molar-refractivity contribution in [2.75, 3.05) is 13.7 Å². The molecule has 0 amide bonds. The normalized spacial score (nSPS) is 15.1. The number of nitrogens with two attached hydrogens (primary N) is 2. The van der Waals surface area contributed by atoms with Gasteiger partial charge in [0.1, 0.15) is 0 Å². The summed E-state index contributed by atoms with van der Waals surface area (Å²) in [5.41, 5.74) is 8.67. The second kappa shape index (κ2) is 4.52. The molecular formula is C10H17N2O2+. The number of aliphatic hydroxyl groups excluding tert-OH is 1. The van der Waals surface area contributed by atoms with Crippen LogP contribution >= 0.6 is 0 Å². The van der Waals surface area contributed by atoms with E-state index in [9.17, 15) is 0 Å². The van der Waals surface area contributed by atoms with Crippen molar-refractivity contribution in [3.05, 3.63) is 29.8 Å². The Kier molecular flexibility index (Phi) is 3.60. The third-order valence-electron chi connectivity index (χ3n) is 2.13. The van der Waals surface area contributed by atoms with Crippen LogP contribution in [0.4, 0.5) is 5.69 Å². The molecule has 0 saturated carbocycles. The van der Waals surface area contributed by atoms with Gasteiger partial charge in [0.05, 0.1) is 19.3 Å². The van der Waals surface area contributed by atoms with Gasteiger partial charge in [-0.15, -0.1) is 0 Å². The molecule has 1 atom stereocenters. The summed E-state index contributed by atoms with van der Waals surface area (Å²) >= 11 is 0. The van der Waals surface area contributed by atoms with Crippen molar-refractivity contribution in [1.29, 1.82) is 0 Å². The molecule has 0 aliphatic carbocycles. The van der Waals surface area contributed by atoms with Crippen LogP contribution in [-0.2, 0) is 10.4 Å². The second-order valence-electron chi connectivity index (χ2n) is 3.55. The zero-order valence-electron chi connectivity index (χ0n) is 8.53. The third kappa shape index (κ3) is 2.52. The van der Waals surface area contributed by atoms with Gasteiger partial charge in [-0.25, -0.2) is 4.84 Å². The first-order valence-electron chi connectivity index (χ1n) is 4.46. The molecule has 0 radical (unpaired) electrons. The van der Waals surface area contributed by atoms with E-state index in [-0.39, 0.29) is 6.61 Å². The molecule has 0 bridgehead atoms. The lowest BCUT2D eigenvalue weighted by Gasteiger charge is -2.22. The van der Waals surface area contributed by atoms with Crippen LogP contribution in [0.1, 0.15) is 12.5 Å². The Balaban J connectivity index is 2.93. The van der Waals surface area contributed by atoms with Crippen molar-refractivity contribution in [2.24, 2.45) is 5.73 Å². The Morgan fingerprint density at radius 3 is 2.86 bits per heavy atom. The van der Waals surface area contributed by atoms with Gasteiger partial charge in [0.15, 0.2) is 5.69 Å². The summed E-state index contributed by atoms with van der Waals surface area (Å²) in [4.78, 5) is 4.90. The molecule has 1 rings (SSSR count). The van der Waals surface area contributed by atoms with Gasteiger partial charge in [-0.2, -0.15) is 5.48 Å². The lowest BCUT2D eigenvalue weighted by molar-refractivity contribution is -0.830. The Bertz CT molecular complexity index is 300. The number of rotatable bonds is 4. The zero-order chi connectivity index (χ0) is 10.6. The molecule has 0 spiro atoms. The van der Waals surface area contributed by atoms with E-state index in [2.05, 4.69) is 0 Å². The van der Waals surface area contributed by atoms with Gasteiger partial charge >= 0.3 is 0 Å². The van der Waals surface area contributed by atoms with E-state index in [1.807, 2.05) is 24.3 Å². The minimum Gasteiger partial charge on any atom is -0.394 e. The number of hydrogen-bond acceptors (Lipinski definition) is 3. The molecule has 1 aromatic carbocycles. The Labute approximate surface area is 83.6 Å². The fourth-order valence-corrected chi connectivity index (χ4v) is 1.19. The Morgan fingerprint density at radius 1 is 1.57 bits per heavy atom.